The van der Waals surface area contributed by atoms with Crippen molar-refractivity contribution in [2.75, 3.05) is 0 Å². The minimum absolute atomic E-state index is 0.609. The maximum absolute atomic E-state index is 5.28. The van der Waals surface area contributed by atoms with Crippen LogP contribution in [0.4, 0.5) is 0 Å². The number of para-hydroxylation sites is 4. The van der Waals surface area contributed by atoms with Gasteiger partial charge in [0.25, 0.3) is 0 Å². The van der Waals surface area contributed by atoms with Crippen LogP contribution in [0.15, 0.2) is 224 Å². The topological polar surface area (TPSA) is 48.5 Å². The van der Waals surface area contributed by atoms with Crippen molar-refractivity contribution in [3.05, 3.63) is 224 Å². The van der Waals surface area contributed by atoms with Gasteiger partial charge in [0.15, 0.2) is 17.5 Å². The van der Waals surface area contributed by atoms with Crippen molar-refractivity contribution in [3.8, 4) is 67.8 Å². The van der Waals surface area contributed by atoms with Crippen molar-refractivity contribution < 1.29 is 0 Å². The fourth-order valence-electron chi connectivity index (χ4n) is 9.19. The molecule has 5 heteroatoms. The Morgan fingerprint density at radius 3 is 1.40 bits per heavy atom. The molecule has 0 N–H and O–H groups in total. The van der Waals surface area contributed by atoms with Crippen molar-refractivity contribution in [1.82, 2.24) is 24.1 Å². The highest BCUT2D eigenvalue weighted by molar-refractivity contribution is 6.16. The summed E-state index contributed by atoms with van der Waals surface area (Å²) in [5.41, 5.74) is 14.1. The van der Waals surface area contributed by atoms with E-state index in [1.807, 2.05) is 18.2 Å². The van der Waals surface area contributed by atoms with E-state index in [2.05, 4.69) is 215 Å². The predicted molar refractivity (Wildman–Crippen MR) is 256 cm³/mol. The second kappa shape index (κ2) is 14.7. The summed E-state index contributed by atoms with van der Waals surface area (Å²) in [6.45, 7) is 0. The van der Waals surface area contributed by atoms with Gasteiger partial charge in [0.1, 0.15) is 0 Å². The molecule has 12 rings (SSSR count). The maximum Gasteiger partial charge on any atom is 0.164 e. The molecule has 3 aromatic heterocycles. The van der Waals surface area contributed by atoms with Crippen molar-refractivity contribution >= 4 is 43.6 Å². The van der Waals surface area contributed by atoms with Gasteiger partial charge in [0.05, 0.1) is 27.8 Å². The summed E-state index contributed by atoms with van der Waals surface area (Å²) >= 11 is 0. The average molecular weight is 792 g/mol. The molecule has 0 aliphatic rings. The monoisotopic (exact) mass is 791 g/mol. The molecule has 0 saturated carbocycles. The van der Waals surface area contributed by atoms with E-state index in [1.165, 1.54) is 27.1 Å². The van der Waals surface area contributed by atoms with Gasteiger partial charge in [-0.1, -0.05) is 164 Å². The fourth-order valence-corrected chi connectivity index (χ4v) is 9.19. The number of benzene rings is 9. The van der Waals surface area contributed by atoms with E-state index in [9.17, 15) is 0 Å². The van der Waals surface area contributed by atoms with Crippen LogP contribution in [0.2, 0.25) is 0 Å². The molecule has 5 nitrogen and oxygen atoms in total. The fraction of sp³-hybridized carbons (Fsp3) is 0. The normalized spacial score (nSPS) is 11.5. The van der Waals surface area contributed by atoms with Gasteiger partial charge in [0.2, 0.25) is 0 Å². The van der Waals surface area contributed by atoms with E-state index in [4.69, 9.17) is 15.0 Å². The van der Waals surface area contributed by atoms with E-state index in [0.29, 0.717) is 17.5 Å². The molecule has 0 aliphatic heterocycles. The minimum atomic E-state index is 0.609. The molecule has 3 heterocycles. The summed E-state index contributed by atoms with van der Waals surface area (Å²) in [4.78, 5) is 15.6. The predicted octanol–water partition coefficient (Wildman–Crippen LogP) is 14.4. The van der Waals surface area contributed by atoms with Gasteiger partial charge in [-0.3, -0.25) is 0 Å². The van der Waals surface area contributed by atoms with Crippen molar-refractivity contribution in [1.29, 1.82) is 0 Å². The van der Waals surface area contributed by atoms with E-state index in [-0.39, 0.29) is 0 Å². The molecule has 0 aliphatic carbocycles. The molecule has 0 saturated heterocycles. The third-order valence-electron chi connectivity index (χ3n) is 12.0. The van der Waals surface area contributed by atoms with Crippen LogP contribution in [0.5, 0.6) is 0 Å². The van der Waals surface area contributed by atoms with Crippen LogP contribution in [0.3, 0.4) is 0 Å². The highest BCUT2D eigenvalue weighted by atomic mass is 15.0. The van der Waals surface area contributed by atoms with Crippen LogP contribution in [0.25, 0.3) is 111 Å². The molecule has 0 unspecified atom stereocenters. The zero-order valence-electron chi connectivity index (χ0n) is 33.6. The lowest BCUT2D eigenvalue weighted by atomic mass is 9.97. The van der Waals surface area contributed by atoms with Crippen LogP contribution in [-0.2, 0) is 0 Å². The first-order valence-corrected chi connectivity index (χ1v) is 21.0. The van der Waals surface area contributed by atoms with Gasteiger partial charge in [-0.05, 0) is 77.4 Å². The summed E-state index contributed by atoms with van der Waals surface area (Å²) in [6.07, 6.45) is 0. The summed E-state index contributed by atoms with van der Waals surface area (Å²) < 4.78 is 4.74. The smallest absolute Gasteiger partial charge is 0.164 e. The van der Waals surface area contributed by atoms with Crippen molar-refractivity contribution in [2.24, 2.45) is 0 Å². The maximum atomic E-state index is 5.28. The Morgan fingerprint density at radius 2 is 0.742 bits per heavy atom. The molecule has 0 amide bonds. The summed E-state index contributed by atoms with van der Waals surface area (Å²) in [7, 11) is 0. The first-order valence-electron chi connectivity index (χ1n) is 21.0. The Labute approximate surface area is 358 Å². The zero-order valence-corrected chi connectivity index (χ0v) is 33.6. The highest BCUT2D eigenvalue weighted by Gasteiger charge is 2.20. The summed E-state index contributed by atoms with van der Waals surface area (Å²) in [5, 5.41) is 4.87. The van der Waals surface area contributed by atoms with Crippen LogP contribution < -0.4 is 0 Å². The van der Waals surface area contributed by atoms with Gasteiger partial charge in [-0.2, -0.15) is 0 Å². The number of aromatic nitrogens is 5. The quantitative estimate of drug-likeness (QED) is 0.162. The van der Waals surface area contributed by atoms with Gasteiger partial charge in [0, 0.05) is 49.5 Å². The number of rotatable bonds is 7. The number of hydrogen-bond acceptors (Lipinski definition) is 3. The minimum Gasteiger partial charge on any atom is -0.309 e. The zero-order chi connectivity index (χ0) is 41.0. The third kappa shape index (κ3) is 5.90. The lowest BCUT2D eigenvalue weighted by Gasteiger charge is -2.16. The van der Waals surface area contributed by atoms with Crippen LogP contribution in [0.1, 0.15) is 0 Å². The molecule has 12 aromatic rings. The molecule has 62 heavy (non-hydrogen) atoms. The number of nitrogens with zero attached hydrogens (tertiary/aromatic N) is 5. The summed E-state index contributed by atoms with van der Waals surface area (Å²) in [6, 6.07) is 79.2. The third-order valence-corrected chi connectivity index (χ3v) is 12.0. The SMILES string of the molecule is c1ccc(-c2nc(-c3cccc(-c4cccc5c4c4ccccc4n5-c4ccccc4)c3)nc(-c3ccc(-n4c5ccccc5c5ccccc54)c(-c4ccccc4)c3)n2)cc1. The van der Waals surface area contributed by atoms with Crippen LogP contribution in [0, 0.1) is 0 Å². The molecule has 0 fully saturated rings. The average Bonchev–Trinajstić information content (AvgIpc) is 3.88. The van der Waals surface area contributed by atoms with E-state index >= 15 is 0 Å². The first kappa shape index (κ1) is 35.5. The Kier molecular flexibility index (Phi) is 8.42. The molecule has 0 radical (unpaired) electrons. The van der Waals surface area contributed by atoms with Crippen molar-refractivity contribution in [2.45, 2.75) is 0 Å². The van der Waals surface area contributed by atoms with E-state index < -0.39 is 0 Å². The van der Waals surface area contributed by atoms with E-state index in [1.54, 1.807) is 0 Å². The molecule has 0 bridgehead atoms. The molecule has 290 valence electrons. The number of fused-ring (bicyclic) bond motifs is 6. The largest absolute Gasteiger partial charge is 0.309 e. The second-order valence-corrected chi connectivity index (χ2v) is 15.6. The van der Waals surface area contributed by atoms with Gasteiger partial charge < -0.3 is 9.13 Å². The first-order chi connectivity index (χ1) is 30.8. The van der Waals surface area contributed by atoms with Gasteiger partial charge in [-0.15, -0.1) is 0 Å². The van der Waals surface area contributed by atoms with Gasteiger partial charge in [-0.25, -0.2) is 15.0 Å². The molecular weight excluding hydrogens is 755 g/mol. The molecule has 0 spiro atoms. The highest BCUT2D eigenvalue weighted by Crippen LogP contribution is 2.41. The summed E-state index contributed by atoms with van der Waals surface area (Å²) in [5.74, 6) is 1.84. The van der Waals surface area contributed by atoms with E-state index in [0.717, 1.165) is 66.9 Å². The Hall–Kier alpha value is -8.41. The Morgan fingerprint density at radius 1 is 0.274 bits per heavy atom. The molecule has 9 aromatic carbocycles. The lowest BCUT2D eigenvalue weighted by Crippen LogP contribution is -2.02. The standard InChI is InChI=1S/C57H37N5/c1-4-18-38(19-5-1)48-37-42(34-35-52(48)62-49-30-13-10-26-45(49)46-27-11-14-31-50(46)62)57-59-55(39-20-6-2-7-21-39)58-56(60-57)41-23-16-22-40(36-41)44-29-17-33-53-54(44)47-28-12-15-32-51(47)61(53)43-24-8-3-9-25-43/h1-37H. The second-order valence-electron chi connectivity index (χ2n) is 15.6. The molecular formula is C57H37N5. The van der Waals surface area contributed by atoms with Gasteiger partial charge >= 0.3 is 0 Å². The van der Waals surface area contributed by atoms with Crippen LogP contribution in [-0.4, -0.2) is 24.1 Å². The number of hydrogen-bond donors (Lipinski definition) is 0. The molecule has 0 atom stereocenters. The van der Waals surface area contributed by atoms with Crippen LogP contribution >= 0.6 is 0 Å². The van der Waals surface area contributed by atoms with Crippen molar-refractivity contribution in [3.63, 3.8) is 0 Å². The Bertz CT molecular complexity index is 3570. The lowest BCUT2D eigenvalue weighted by molar-refractivity contribution is 1.07. The Balaban J connectivity index is 1.04.